The summed E-state index contributed by atoms with van der Waals surface area (Å²) in [6.45, 7) is 9.09. The molecule has 0 aliphatic carbocycles. The van der Waals surface area contributed by atoms with Gasteiger partial charge >= 0.3 is 0 Å². The van der Waals surface area contributed by atoms with Crippen LogP contribution in [0.4, 0.5) is 0 Å². The minimum absolute atomic E-state index is 0. The molecular formula is C19H32IN7S. The average molecular weight is 517 g/mol. The van der Waals surface area contributed by atoms with Gasteiger partial charge in [0.2, 0.25) is 0 Å². The molecule has 0 spiro atoms. The van der Waals surface area contributed by atoms with E-state index in [1.54, 1.807) is 6.33 Å². The van der Waals surface area contributed by atoms with E-state index in [1.165, 1.54) is 17.7 Å². The van der Waals surface area contributed by atoms with Crippen LogP contribution in [0.2, 0.25) is 0 Å². The Hall–Kier alpha value is -1.20. The number of aliphatic imine (C=N–C) groups is 1. The monoisotopic (exact) mass is 517 g/mol. The highest BCUT2D eigenvalue weighted by Gasteiger charge is 2.25. The summed E-state index contributed by atoms with van der Waals surface area (Å²) in [6, 6.07) is 4.77. The lowest BCUT2D eigenvalue weighted by atomic mass is 9.97. The normalized spacial score (nSPS) is 17.2. The second kappa shape index (κ2) is 11.7. The number of nitrogens with one attached hydrogen (secondary N) is 2. The number of nitrogens with zero attached hydrogens (tertiary/aromatic N) is 5. The zero-order valence-electron chi connectivity index (χ0n) is 17.0. The van der Waals surface area contributed by atoms with E-state index in [2.05, 4.69) is 62.1 Å². The zero-order valence-corrected chi connectivity index (χ0v) is 20.1. The van der Waals surface area contributed by atoms with Crippen molar-refractivity contribution in [1.29, 1.82) is 0 Å². The Bertz CT molecular complexity index is 708. The first-order valence-electron chi connectivity index (χ1n) is 9.80. The molecule has 0 aromatic carbocycles. The van der Waals surface area contributed by atoms with Gasteiger partial charge in [-0.05, 0) is 50.2 Å². The van der Waals surface area contributed by atoms with E-state index in [9.17, 15) is 0 Å². The molecule has 1 aliphatic heterocycles. The van der Waals surface area contributed by atoms with Crippen molar-refractivity contribution in [2.24, 2.45) is 10.9 Å². The maximum Gasteiger partial charge on any atom is 0.191 e. The van der Waals surface area contributed by atoms with E-state index in [0.717, 1.165) is 43.9 Å². The summed E-state index contributed by atoms with van der Waals surface area (Å²) < 4.78 is 2.03. The summed E-state index contributed by atoms with van der Waals surface area (Å²) in [5, 5.41) is 17.2. The van der Waals surface area contributed by atoms with Crippen LogP contribution >= 0.6 is 35.3 Å². The van der Waals surface area contributed by atoms with Crippen molar-refractivity contribution in [3.63, 3.8) is 0 Å². The zero-order chi connectivity index (χ0) is 19.1. The molecule has 7 nitrogen and oxygen atoms in total. The number of thiophene rings is 1. The number of aryl methyl sites for hydroxylation is 1. The molecule has 3 rings (SSSR count). The number of likely N-dealkylation sites (tertiary alicyclic amines) is 1. The van der Waals surface area contributed by atoms with Crippen LogP contribution in [0.1, 0.15) is 43.4 Å². The van der Waals surface area contributed by atoms with Gasteiger partial charge in [-0.1, -0.05) is 13.0 Å². The molecule has 28 heavy (non-hydrogen) atoms. The first-order valence-corrected chi connectivity index (χ1v) is 10.7. The van der Waals surface area contributed by atoms with Crippen LogP contribution in [0, 0.1) is 5.92 Å². The van der Waals surface area contributed by atoms with E-state index in [-0.39, 0.29) is 24.0 Å². The number of piperidine rings is 1. The fourth-order valence-corrected chi connectivity index (χ4v) is 4.35. The summed E-state index contributed by atoms with van der Waals surface area (Å²) in [6.07, 6.45) is 4.32. The minimum atomic E-state index is 0. The molecule has 1 atom stereocenters. The van der Waals surface area contributed by atoms with E-state index in [0.29, 0.717) is 12.6 Å². The van der Waals surface area contributed by atoms with E-state index in [4.69, 9.17) is 0 Å². The molecule has 3 heterocycles. The highest BCUT2D eigenvalue weighted by molar-refractivity contribution is 14.0. The molecule has 9 heteroatoms. The Kier molecular flexibility index (Phi) is 9.66. The first-order chi connectivity index (χ1) is 13.2. The number of halogens is 1. The molecule has 2 N–H and O–H groups in total. The van der Waals surface area contributed by atoms with Crippen LogP contribution in [0.15, 0.2) is 28.8 Å². The summed E-state index contributed by atoms with van der Waals surface area (Å²) in [4.78, 5) is 8.40. The third-order valence-electron chi connectivity index (χ3n) is 5.27. The average Bonchev–Trinajstić information content (AvgIpc) is 3.37. The van der Waals surface area contributed by atoms with Crippen molar-refractivity contribution in [2.45, 2.75) is 45.8 Å². The molecule has 156 valence electrons. The smallest absolute Gasteiger partial charge is 0.191 e. The lowest BCUT2D eigenvalue weighted by Crippen LogP contribution is -2.45. The van der Waals surface area contributed by atoms with Gasteiger partial charge in [-0.25, -0.2) is 0 Å². The van der Waals surface area contributed by atoms with Crippen LogP contribution in [0.25, 0.3) is 0 Å². The Labute approximate surface area is 189 Å². The second-order valence-corrected chi connectivity index (χ2v) is 8.07. The van der Waals surface area contributed by atoms with Crippen molar-refractivity contribution in [2.75, 3.05) is 26.7 Å². The fourth-order valence-electron chi connectivity index (χ4n) is 3.49. The lowest BCUT2D eigenvalue weighted by Gasteiger charge is -2.36. The van der Waals surface area contributed by atoms with Gasteiger partial charge in [0.25, 0.3) is 0 Å². The number of rotatable bonds is 7. The number of guanidine groups is 1. The Morgan fingerprint density at radius 1 is 1.36 bits per heavy atom. The van der Waals surface area contributed by atoms with Crippen molar-refractivity contribution >= 4 is 41.3 Å². The molecule has 1 unspecified atom stereocenters. The maximum absolute atomic E-state index is 4.38. The second-order valence-electron chi connectivity index (χ2n) is 7.09. The first kappa shape index (κ1) is 23.1. The Morgan fingerprint density at radius 3 is 2.79 bits per heavy atom. The Morgan fingerprint density at radius 2 is 2.14 bits per heavy atom. The van der Waals surface area contributed by atoms with Crippen molar-refractivity contribution in [1.82, 2.24) is 30.3 Å². The predicted molar refractivity (Wildman–Crippen MR) is 126 cm³/mol. The molecule has 1 saturated heterocycles. The lowest BCUT2D eigenvalue weighted by molar-refractivity contribution is 0.140. The number of aromatic nitrogens is 3. The summed E-state index contributed by atoms with van der Waals surface area (Å²) >= 11 is 1.84. The molecule has 0 bridgehead atoms. The van der Waals surface area contributed by atoms with Crippen LogP contribution in [-0.2, 0) is 13.1 Å². The third-order valence-corrected chi connectivity index (χ3v) is 6.24. The quantitative estimate of drug-likeness (QED) is 0.336. The summed E-state index contributed by atoms with van der Waals surface area (Å²) in [7, 11) is 1.81. The fraction of sp³-hybridized carbons (Fsp3) is 0.632. The highest BCUT2D eigenvalue weighted by Crippen LogP contribution is 2.29. The third kappa shape index (κ3) is 6.15. The van der Waals surface area contributed by atoms with Crippen LogP contribution < -0.4 is 10.6 Å². The van der Waals surface area contributed by atoms with E-state index in [1.807, 2.05) is 23.0 Å². The van der Waals surface area contributed by atoms with Gasteiger partial charge in [0.1, 0.15) is 6.33 Å². The van der Waals surface area contributed by atoms with Gasteiger partial charge in [-0.15, -0.1) is 45.5 Å². The molecule has 0 amide bonds. The molecular weight excluding hydrogens is 485 g/mol. The molecule has 1 fully saturated rings. The van der Waals surface area contributed by atoms with Crippen molar-refractivity contribution in [3.8, 4) is 0 Å². The van der Waals surface area contributed by atoms with E-state index < -0.39 is 0 Å². The van der Waals surface area contributed by atoms with Gasteiger partial charge in [0, 0.05) is 25.0 Å². The largest absolute Gasteiger partial charge is 0.354 e. The maximum atomic E-state index is 4.38. The standard InChI is InChI=1S/C19H31N7S.HI/c1-4-25-14-23-24-18(25)13-22-19(20-3)21-12-16(17-6-5-11-27-17)26-9-7-15(2)8-10-26;/h5-6,11,14-16H,4,7-10,12-13H2,1-3H3,(H2,20,21,22);1H. The van der Waals surface area contributed by atoms with Crippen LogP contribution in [0.3, 0.4) is 0 Å². The predicted octanol–water partition coefficient (Wildman–Crippen LogP) is 3.12. The minimum Gasteiger partial charge on any atom is -0.354 e. The van der Waals surface area contributed by atoms with Crippen molar-refractivity contribution < 1.29 is 0 Å². The molecule has 0 saturated carbocycles. The highest BCUT2D eigenvalue weighted by atomic mass is 127. The van der Waals surface area contributed by atoms with Gasteiger partial charge in [-0.3, -0.25) is 9.89 Å². The van der Waals surface area contributed by atoms with Gasteiger partial charge < -0.3 is 15.2 Å². The molecule has 1 aliphatic rings. The molecule has 0 radical (unpaired) electrons. The van der Waals surface area contributed by atoms with Crippen molar-refractivity contribution in [3.05, 3.63) is 34.5 Å². The number of hydrogen-bond acceptors (Lipinski definition) is 5. The molecule has 2 aromatic heterocycles. The summed E-state index contributed by atoms with van der Waals surface area (Å²) in [5.41, 5.74) is 0. The SMILES string of the molecule is CCn1cnnc1CNC(=NC)NCC(c1cccs1)N1CCC(C)CC1.I. The van der Waals surface area contributed by atoms with Gasteiger partial charge in [0.05, 0.1) is 12.6 Å². The Balaban J connectivity index is 0.00000280. The topological polar surface area (TPSA) is 70.4 Å². The van der Waals surface area contributed by atoms with Crippen LogP contribution in [0.5, 0.6) is 0 Å². The van der Waals surface area contributed by atoms with E-state index >= 15 is 0 Å². The van der Waals surface area contributed by atoms with Gasteiger partial charge in [0.15, 0.2) is 11.8 Å². The van der Waals surface area contributed by atoms with Gasteiger partial charge in [-0.2, -0.15) is 0 Å². The molecule has 2 aromatic rings. The summed E-state index contributed by atoms with van der Waals surface area (Å²) in [5.74, 6) is 2.55. The number of hydrogen-bond donors (Lipinski definition) is 2. The van der Waals surface area contributed by atoms with Crippen LogP contribution in [-0.4, -0.2) is 52.3 Å².